The molecule has 0 spiro atoms. The summed E-state index contributed by atoms with van der Waals surface area (Å²) in [4.78, 5) is 17.2. The van der Waals surface area contributed by atoms with E-state index >= 15 is 0 Å². The van der Waals surface area contributed by atoms with E-state index < -0.39 is 11.8 Å². The normalized spacial score (nSPS) is 15.6. The van der Waals surface area contributed by atoms with Crippen molar-refractivity contribution in [3.05, 3.63) is 22.6 Å². The highest BCUT2D eigenvalue weighted by atomic mass is 35.5. The molecule has 1 aliphatic heterocycles. The third kappa shape index (κ3) is 2.56. The first kappa shape index (κ1) is 13.1. The van der Waals surface area contributed by atoms with Gasteiger partial charge in [-0.15, -0.1) is 0 Å². The number of halogens is 2. The Morgan fingerprint density at radius 1 is 1.44 bits per heavy atom. The Morgan fingerprint density at radius 2 is 2.11 bits per heavy atom. The minimum absolute atomic E-state index is 0.0242. The van der Waals surface area contributed by atoms with Gasteiger partial charge in [-0.2, -0.15) is 0 Å². The number of carbonyl (C=O) groups excluding carboxylic acids is 1. The third-order valence-electron chi connectivity index (χ3n) is 2.97. The molecule has 0 saturated carbocycles. The summed E-state index contributed by atoms with van der Waals surface area (Å²) in [6, 6.07) is 1.09. The molecule has 1 aliphatic rings. The Morgan fingerprint density at radius 3 is 2.72 bits per heavy atom. The summed E-state index contributed by atoms with van der Waals surface area (Å²) in [5.74, 6) is -1.01. The van der Waals surface area contributed by atoms with E-state index in [1.54, 1.807) is 0 Å². The topological polar surface area (TPSA) is 42.4 Å². The van der Waals surface area contributed by atoms with Crippen LogP contribution in [0.5, 0.6) is 0 Å². The average molecular weight is 273 g/mol. The molecule has 1 saturated heterocycles. The van der Waals surface area contributed by atoms with Crippen LogP contribution in [0.2, 0.25) is 5.15 Å². The standard InChI is InChI=1S/C12H14ClFN2O2/c1-18-12(17)8-7-9(14)11(15-10(8)13)16-5-3-2-4-6-16/h7H,2-6H2,1H3. The van der Waals surface area contributed by atoms with Gasteiger partial charge in [-0.05, 0) is 25.3 Å². The van der Waals surface area contributed by atoms with Gasteiger partial charge in [0, 0.05) is 13.1 Å². The Labute approximate surface area is 110 Å². The van der Waals surface area contributed by atoms with Gasteiger partial charge < -0.3 is 9.64 Å². The van der Waals surface area contributed by atoms with Crippen LogP contribution in [-0.4, -0.2) is 31.2 Å². The van der Waals surface area contributed by atoms with Crippen molar-refractivity contribution >= 4 is 23.4 Å². The molecule has 0 atom stereocenters. The van der Waals surface area contributed by atoms with Gasteiger partial charge in [-0.1, -0.05) is 11.6 Å². The summed E-state index contributed by atoms with van der Waals surface area (Å²) in [5.41, 5.74) is -0.0440. The minimum atomic E-state index is -0.684. The van der Waals surface area contributed by atoms with Crippen molar-refractivity contribution in [2.75, 3.05) is 25.1 Å². The number of rotatable bonds is 2. The molecule has 2 heterocycles. The second-order valence-electron chi connectivity index (χ2n) is 4.17. The number of hydrogen-bond donors (Lipinski definition) is 0. The molecule has 4 nitrogen and oxygen atoms in total. The number of carbonyl (C=O) groups is 1. The zero-order chi connectivity index (χ0) is 13.1. The first-order chi connectivity index (χ1) is 8.63. The molecule has 0 aliphatic carbocycles. The first-order valence-electron chi connectivity index (χ1n) is 5.83. The molecule has 6 heteroatoms. The highest BCUT2D eigenvalue weighted by molar-refractivity contribution is 6.32. The number of nitrogens with zero attached hydrogens (tertiary/aromatic N) is 2. The zero-order valence-corrected chi connectivity index (χ0v) is 10.8. The third-order valence-corrected chi connectivity index (χ3v) is 3.26. The number of hydrogen-bond acceptors (Lipinski definition) is 4. The molecule has 0 bridgehead atoms. The van der Waals surface area contributed by atoms with Crippen molar-refractivity contribution in [3.63, 3.8) is 0 Å². The van der Waals surface area contributed by atoms with Gasteiger partial charge in [0.05, 0.1) is 7.11 Å². The molecule has 0 radical (unpaired) electrons. The van der Waals surface area contributed by atoms with Crippen LogP contribution in [0, 0.1) is 5.82 Å². The molecule has 98 valence electrons. The van der Waals surface area contributed by atoms with E-state index in [1.165, 1.54) is 7.11 Å². The maximum atomic E-state index is 13.9. The monoisotopic (exact) mass is 272 g/mol. The summed E-state index contributed by atoms with van der Waals surface area (Å²) < 4.78 is 18.5. The van der Waals surface area contributed by atoms with E-state index in [-0.39, 0.29) is 16.5 Å². The number of piperidine rings is 1. The lowest BCUT2D eigenvalue weighted by atomic mass is 10.1. The molecule has 0 N–H and O–H groups in total. The molecular formula is C12H14ClFN2O2. The van der Waals surface area contributed by atoms with Gasteiger partial charge in [0.1, 0.15) is 10.7 Å². The molecule has 2 rings (SSSR count). The van der Waals surface area contributed by atoms with Crippen LogP contribution < -0.4 is 4.90 Å². The minimum Gasteiger partial charge on any atom is -0.465 e. The van der Waals surface area contributed by atoms with Gasteiger partial charge in [0.15, 0.2) is 11.6 Å². The van der Waals surface area contributed by atoms with Crippen LogP contribution in [0.25, 0.3) is 0 Å². The molecule has 1 aromatic rings. The van der Waals surface area contributed by atoms with E-state index in [0.29, 0.717) is 0 Å². The van der Waals surface area contributed by atoms with E-state index in [4.69, 9.17) is 11.6 Å². The lowest BCUT2D eigenvalue weighted by molar-refractivity contribution is 0.0600. The Bertz CT molecular complexity index is 462. The summed E-state index contributed by atoms with van der Waals surface area (Å²) in [7, 11) is 1.22. The van der Waals surface area contributed by atoms with E-state index in [2.05, 4.69) is 9.72 Å². The SMILES string of the molecule is COC(=O)c1cc(F)c(N2CCCCC2)nc1Cl. The maximum Gasteiger partial charge on any atom is 0.341 e. The fourth-order valence-corrected chi connectivity index (χ4v) is 2.25. The van der Waals surface area contributed by atoms with Gasteiger partial charge >= 0.3 is 5.97 Å². The molecular weight excluding hydrogens is 259 g/mol. The van der Waals surface area contributed by atoms with E-state index in [0.717, 1.165) is 38.4 Å². The Balaban J connectivity index is 2.33. The number of ether oxygens (including phenoxy) is 1. The molecule has 0 amide bonds. The van der Waals surface area contributed by atoms with Gasteiger partial charge in [-0.25, -0.2) is 14.2 Å². The van der Waals surface area contributed by atoms with Crippen LogP contribution in [0.4, 0.5) is 10.2 Å². The maximum absolute atomic E-state index is 13.9. The lowest BCUT2D eigenvalue weighted by Crippen LogP contribution is -2.31. The van der Waals surface area contributed by atoms with Gasteiger partial charge in [0.2, 0.25) is 0 Å². The zero-order valence-electron chi connectivity index (χ0n) is 10.1. The highest BCUT2D eigenvalue weighted by Gasteiger charge is 2.21. The van der Waals surface area contributed by atoms with Crippen LogP contribution in [-0.2, 0) is 4.74 Å². The van der Waals surface area contributed by atoms with Crippen molar-refractivity contribution < 1.29 is 13.9 Å². The van der Waals surface area contributed by atoms with Crippen molar-refractivity contribution in [1.29, 1.82) is 0 Å². The fourth-order valence-electron chi connectivity index (χ4n) is 2.04. The van der Waals surface area contributed by atoms with Crippen LogP contribution in [0.1, 0.15) is 29.6 Å². The summed E-state index contributed by atoms with van der Waals surface area (Å²) in [6.45, 7) is 1.52. The number of anilines is 1. The second-order valence-corrected chi connectivity index (χ2v) is 4.53. The number of aromatic nitrogens is 1. The van der Waals surface area contributed by atoms with Crippen LogP contribution in [0.15, 0.2) is 6.07 Å². The predicted molar refractivity (Wildman–Crippen MR) is 66.6 cm³/mol. The quantitative estimate of drug-likeness (QED) is 0.613. The van der Waals surface area contributed by atoms with Gasteiger partial charge in [0.25, 0.3) is 0 Å². The average Bonchev–Trinajstić information content (AvgIpc) is 2.41. The van der Waals surface area contributed by atoms with Crippen molar-refractivity contribution in [2.45, 2.75) is 19.3 Å². The Hall–Kier alpha value is -1.36. The smallest absolute Gasteiger partial charge is 0.341 e. The lowest BCUT2D eigenvalue weighted by Gasteiger charge is -2.28. The second kappa shape index (κ2) is 5.52. The number of methoxy groups -OCH3 is 1. The largest absolute Gasteiger partial charge is 0.465 e. The van der Waals surface area contributed by atoms with E-state index in [1.807, 2.05) is 4.90 Å². The summed E-state index contributed by atoms with van der Waals surface area (Å²) >= 11 is 5.89. The van der Waals surface area contributed by atoms with Crippen molar-refractivity contribution in [3.8, 4) is 0 Å². The molecule has 0 unspecified atom stereocenters. The van der Waals surface area contributed by atoms with Crippen molar-refractivity contribution in [2.24, 2.45) is 0 Å². The highest BCUT2D eigenvalue weighted by Crippen LogP contribution is 2.26. The van der Waals surface area contributed by atoms with E-state index in [9.17, 15) is 9.18 Å². The van der Waals surface area contributed by atoms with Gasteiger partial charge in [-0.3, -0.25) is 0 Å². The molecule has 1 aromatic heterocycles. The molecule has 1 fully saturated rings. The number of pyridine rings is 1. The van der Waals surface area contributed by atoms with Crippen molar-refractivity contribution in [1.82, 2.24) is 4.98 Å². The van der Waals surface area contributed by atoms with Crippen LogP contribution in [0.3, 0.4) is 0 Å². The molecule has 18 heavy (non-hydrogen) atoms. The summed E-state index contributed by atoms with van der Waals surface area (Å²) in [5, 5.41) is -0.0242. The predicted octanol–water partition coefficient (Wildman–Crippen LogP) is 2.65. The Kier molecular flexibility index (Phi) is 4.01. The number of esters is 1. The van der Waals surface area contributed by atoms with Crippen LogP contribution >= 0.6 is 11.6 Å². The summed E-state index contributed by atoms with van der Waals surface area (Å²) in [6.07, 6.45) is 3.17. The first-order valence-corrected chi connectivity index (χ1v) is 6.20. The molecule has 0 aromatic carbocycles. The fraction of sp³-hybridized carbons (Fsp3) is 0.500.